The summed E-state index contributed by atoms with van der Waals surface area (Å²) in [5.41, 5.74) is 16.8. The fourth-order valence-electron chi connectivity index (χ4n) is 8.64. The SMILES string of the molecule is c1ccc(-c2c3ccc(-c4ccc(-c5nc6ccccc6n5-c5ccccc5)cc4)cc3c3c4c(cccc24)-c2ccccc2-c2ccccc2-3)cc1. The van der Waals surface area contributed by atoms with E-state index in [0.29, 0.717) is 0 Å². The molecule has 53 heavy (non-hydrogen) atoms. The highest BCUT2D eigenvalue weighted by Gasteiger charge is 2.26. The molecule has 0 spiro atoms. The van der Waals surface area contributed by atoms with Crippen molar-refractivity contribution in [2.75, 3.05) is 0 Å². The molecular weight excluding hydrogens is 641 g/mol. The summed E-state index contributed by atoms with van der Waals surface area (Å²) in [6.45, 7) is 0. The predicted octanol–water partition coefficient (Wildman–Crippen LogP) is 13.6. The van der Waals surface area contributed by atoms with E-state index in [4.69, 9.17) is 4.98 Å². The van der Waals surface area contributed by atoms with Gasteiger partial charge >= 0.3 is 0 Å². The zero-order valence-corrected chi connectivity index (χ0v) is 28.9. The molecule has 0 atom stereocenters. The molecule has 11 rings (SSSR count). The van der Waals surface area contributed by atoms with Crippen LogP contribution in [0.5, 0.6) is 0 Å². The average molecular weight is 673 g/mol. The number of rotatable bonds is 4. The molecule has 0 saturated carbocycles. The Kier molecular flexibility index (Phi) is 6.59. The van der Waals surface area contributed by atoms with Gasteiger partial charge in [-0.25, -0.2) is 4.98 Å². The molecule has 9 aromatic carbocycles. The Bertz CT molecular complexity index is 3030. The molecule has 246 valence electrons. The summed E-state index contributed by atoms with van der Waals surface area (Å²) in [6, 6.07) is 70.5. The largest absolute Gasteiger partial charge is 0.292 e. The lowest BCUT2D eigenvalue weighted by Crippen LogP contribution is -1.97. The van der Waals surface area contributed by atoms with Gasteiger partial charge in [-0.05, 0) is 108 Å². The molecule has 0 radical (unpaired) electrons. The third-order valence-corrected chi connectivity index (χ3v) is 11.0. The van der Waals surface area contributed by atoms with Gasteiger partial charge in [0.2, 0.25) is 0 Å². The van der Waals surface area contributed by atoms with Crippen molar-refractivity contribution in [3.63, 3.8) is 0 Å². The summed E-state index contributed by atoms with van der Waals surface area (Å²) >= 11 is 0. The summed E-state index contributed by atoms with van der Waals surface area (Å²) in [6.07, 6.45) is 0. The van der Waals surface area contributed by atoms with Crippen LogP contribution >= 0.6 is 0 Å². The average Bonchev–Trinajstić information content (AvgIpc) is 3.57. The molecule has 2 heteroatoms. The van der Waals surface area contributed by atoms with Gasteiger partial charge in [0.1, 0.15) is 5.82 Å². The second kappa shape index (κ2) is 11.8. The number of hydrogen-bond donors (Lipinski definition) is 0. The van der Waals surface area contributed by atoms with Gasteiger partial charge in [0, 0.05) is 11.3 Å². The van der Waals surface area contributed by atoms with E-state index in [0.717, 1.165) is 28.1 Å². The van der Waals surface area contributed by atoms with E-state index in [9.17, 15) is 0 Å². The summed E-state index contributed by atoms with van der Waals surface area (Å²) in [5, 5.41) is 5.11. The Morgan fingerprint density at radius 1 is 0.340 bits per heavy atom. The van der Waals surface area contributed by atoms with E-state index in [1.807, 2.05) is 0 Å². The van der Waals surface area contributed by atoms with Crippen LogP contribution in [0.3, 0.4) is 0 Å². The first-order valence-corrected chi connectivity index (χ1v) is 18.2. The smallest absolute Gasteiger partial charge is 0.145 e. The number of nitrogens with zero attached hydrogens (tertiary/aromatic N) is 2. The Labute approximate surface area is 307 Å². The zero-order chi connectivity index (χ0) is 34.9. The topological polar surface area (TPSA) is 17.8 Å². The molecule has 0 N–H and O–H groups in total. The Morgan fingerprint density at radius 2 is 0.925 bits per heavy atom. The number of para-hydroxylation sites is 3. The van der Waals surface area contributed by atoms with Crippen molar-refractivity contribution < 1.29 is 0 Å². The van der Waals surface area contributed by atoms with Crippen molar-refractivity contribution in [1.82, 2.24) is 9.55 Å². The maximum Gasteiger partial charge on any atom is 0.145 e. The van der Waals surface area contributed by atoms with E-state index in [2.05, 4.69) is 199 Å². The fourth-order valence-corrected chi connectivity index (χ4v) is 8.64. The molecule has 1 aliphatic rings. The van der Waals surface area contributed by atoms with E-state index in [1.165, 1.54) is 77.2 Å². The molecule has 1 aromatic heterocycles. The van der Waals surface area contributed by atoms with Gasteiger partial charge in [-0.1, -0.05) is 164 Å². The third kappa shape index (κ3) is 4.56. The van der Waals surface area contributed by atoms with E-state index < -0.39 is 0 Å². The van der Waals surface area contributed by atoms with Crippen LogP contribution < -0.4 is 0 Å². The Hall–Kier alpha value is -7.03. The van der Waals surface area contributed by atoms with Gasteiger partial charge in [0.25, 0.3) is 0 Å². The second-order valence-electron chi connectivity index (χ2n) is 13.9. The highest BCUT2D eigenvalue weighted by Crippen LogP contribution is 2.53. The summed E-state index contributed by atoms with van der Waals surface area (Å²) < 4.78 is 2.26. The number of fused-ring (bicyclic) bond motifs is 8. The standard InChI is InChI=1S/C51H32N2/c1-3-14-34(15-4-1)48-43-31-30-36(33-26-28-35(29-27-33)51-52-46-24-11-12-25-47(46)53(51)37-16-5-2-6-17-37)32-45(43)50-41-21-10-9-20-39(41)38-18-7-8-19-40(38)42-22-13-23-44(48)49(42)50/h1-32H. The molecule has 0 saturated heterocycles. The highest BCUT2D eigenvalue weighted by molar-refractivity contribution is 6.27. The van der Waals surface area contributed by atoms with E-state index >= 15 is 0 Å². The fraction of sp³-hybridized carbons (Fsp3) is 0. The van der Waals surface area contributed by atoms with Crippen LogP contribution in [0, 0.1) is 0 Å². The summed E-state index contributed by atoms with van der Waals surface area (Å²) in [4.78, 5) is 5.12. The molecule has 0 aliphatic heterocycles. The van der Waals surface area contributed by atoms with Crippen LogP contribution in [0.2, 0.25) is 0 Å². The van der Waals surface area contributed by atoms with Gasteiger partial charge in [-0.2, -0.15) is 0 Å². The van der Waals surface area contributed by atoms with Crippen LogP contribution in [-0.2, 0) is 0 Å². The van der Waals surface area contributed by atoms with Gasteiger partial charge in [-0.3, -0.25) is 4.57 Å². The van der Waals surface area contributed by atoms with Crippen LogP contribution in [-0.4, -0.2) is 9.55 Å². The van der Waals surface area contributed by atoms with Crippen molar-refractivity contribution in [2.45, 2.75) is 0 Å². The quantitative estimate of drug-likeness (QED) is 0.170. The van der Waals surface area contributed by atoms with Gasteiger partial charge in [0.15, 0.2) is 0 Å². The first-order chi connectivity index (χ1) is 26.3. The maximum absolute atomic E-state index is 5.12. The second-order valence-corrected chi connectivity index (χ2v) is 13.9. The first-order valence-electron chi connectivity index (χ1n) is 18.2. The minimum Gasteiger partial charge on any atom is -0.292 e. The molecule has 0 unspecified atom stereocenters. The minimum atomic E-state index is 0.936. The highest BCUT2D eigenvalue weighted by atomic mass is 15.1. The molecule has 2 nitrogen and oxygen atoms in total. The number of benzene rings is 9. The minimum absolute atomic E-state index is 0.936. The Morgan fingerprint density at radius 3 is 1.70 bits per heavy atom. The van der Waals surface area contributed by atoms with Gasteiger partial charge in [-0.15, -0.1) is 0 Å². The van der Waals surface area contributed by atoms with Gasteiger partial charge in [0.05, 0.1) is 11.0 Å². The lowest BCUT2D eigenvalue weighted by molar-refractivity contribution is 1.10. The number of imidazole rings is 1. The van der Waals surface area contributed by atoms with Crippen molar-refractivity contribution in [3.05, 3.63) is 194 Å². The van der Waals surface area contributed by atoms with Crippen molar-refractivity contribution in [1.29, 1.82) is 0 Å². The van der Waals surface area contributed by atoms with Crippen molar-refractivity contribution in [2.24, 2.45) is 0 Å². The molecular formula is C51H32N2. The zero-order valence-electron chi connectivity index (χ0n) is 28.9. The predicted molar refractivity (Wildman–Crippen MR) is 222 cm³/mol. The summed E-state index contributed by atoms with van der Waals surface area (Å²) in [7, 11) is 0. The Balaban J connectivity index is 1.16. The normalized spacial score (nSPS) is 11.8. The molecule has 0 amide bonds. The number of hydrogen-bond acceptors (Lipinski definition) is 1. The van der Waals surface area contributed by atoms with Crippen LogP contribution in [0.1, 0.15) is 0 Å². The molecule has 0 bridgehead atoms. The maximum atomic E-state index is 5.12. The number of aromatic nitrogens is 2. The van der Waals surface area contributed by atoms with Gasteiger partial charge < -0.3 is 0 Å². The monoisotopic (exact) mass is 672 g/mol. The molecule has 1 heterocycles. The molecule has 0 fully saturated rings. The van der Waals surface area contributed by atoms with Crippen LogP contribution in [0.25, 0.3) is 105 Å². The lowest BCUT2D eigenvalue weighted by atomic mass is 9.83. The first kappa shape index (κ1) is 29.7. The van der Waals surface area contributed by atoms with E-state index in [-0.39, 0.29) is 0 Å². The molecule has 10 aromatic rings. The molecule has 1 aliphatic carbocycles. The van der Waals surface area contributed by atoms with E-state index in [1.54, 1.807) is 0 Å². The summed E-state index contributed by atoms with van der Waals surface area (Å²) in [5.74, 6) is 0.936. The van der Waals surface area contributed by atoms with Crippen molar-refractivity contribution in [3.8, 4) is 72.7 Å². The van der Waals surface area contributed by atoms with Crippen LogP contribution in [0.15, 0.2) is 194 Å². The van der Waals surface area contributed by atoms with Crippen molar-refractivity contribution >= 4 is 32.6 Å². The lowest BCUT2D eigenvalue weighted by Gasteiger charge is -2.20. The third-order valence-electron chi connectivity index (χ3n) is 11.0. The van der Waals surface area contributed by atoms with Crippen LogP contribution in [0.4, 0.5) is 0 Å².